The van der Waals surface area contributed by atoms with Gasteiger partial charge < -0.3 is 10.3 Å². The first-order valence-electron chi connectivity index (χ1n) is 4.94. The van der Waals surface area contributed by atoms with Crippen molar-refractivity contribution in [1.82, 2.24) is 10.1 Å². The first-order valence-corrected chi connectivity index (χ1v) is 5.92. The third kappa shape index (κ3) is 2.36. The molecule has 0 aliphatic rings. The maximum atomic E-state index is 5.96. The van der Waals surface area contributed by atoms with E-state index in [1.807, 2.05) is 25.1 Å². The van der Waals surface area contributed by atoms with Gasteiger partial charge in [0, 0.05) is 10.6 Å². The monoisotopic (exact) mass is 235 g/mol. The lowest BCUT2D eigenvalue weighted by Crippen LogP contribution is -1.92. The van der Waals surface area contributed by atoms with Crippen LogP contribution in [0.15, 0.2) is 27.6 Å². The lowest BCUT2D eigenvalue weighted by atomic mass is 10.2. The number of anilines is 1. The molecule has 0 radical (unpaired) electrons. The molecule has 0 saturated carbocycles. The summed E-state index contributed by atoms with van der Waals surface area (Å²) >= 11 is 1.61. The third-order valence-corrected chi connectivity index (χ3v) is 3.26. The fourth-order valence-corrected chi connectivity index (χ4v) is 2.21. The van der Waals surface area contributed by atoms with E-state index in [0.29, 0.717) is 17.5 Å². The molecule has 1 heterocycles. The van der Waals surface area contributed by atoms with Crippen LogP contribution in [-0.2, 0) is 5.75 Å². The number of thioether (sulfide) groups is 1. The number of para-hydroxylation sites is 1. The van der Waals surface area contributed by atoms with Crippen molar-refractivity contribution in [3.8, 4) is 0 Å². The van der Waals surface area contributed by atoms with Crippen molar-refractivity contribution in [3.63, 3.8) is 0 Å². The maximum absolute atomic E-state index is 5.96. The number of benzene rings is 1. The molecule has 0 aliphatic carbocycles. The van der Waals surface area contributed by atoms with Gasteiger partial charge >= 0.3 is 0 Å². The topological polar surface area (TPSA) is 64.9 Å². The predicted octanol–water partition coefficient (Wildman–Crippen LogP) is 2.56. The van der Waals surface area contributed by atoms with Crippen molar-refractivity contribution in [1.29, 1.82) is 0 Å². The van der Waals surface area contributed by atoms with E-state index >= 15 is 0 Å². The quantitative estimate of drug-likeness (QED) is 0.654. The molecule has 0 saturated heterocycles. The molecule has 0 fully saturated rings. The number of aromatic nitrogens is 2. The molecule has 1 aromatic heterocycles. The van der Waals surface area contributed by atoms with Crippen LogP contribution in [0.4, 0.5) is 5.69 Å². The van der Waals surface area contributed by atoms with Gasteiger partial charge in [0.05, 0.1) is 5.75 Å². The molecular formula is C11H13N3OS. The third-order valence-electron chi connectivity index (χ3n) is 2.20. The second kappa shape index (κ2) is 4.57. The summed E-state index contributed by atoms with van der Waals surface area (Å²) in [6.07, 6.45) is 0. The molecule has 84 valence electrons. The molecular weight excluding hydrogens is 222 g/mol. The number of hydrogen-bond acceptors (Lipinski definition) is 5. The lowest BCUT2D eigenvalue weighted by molar-refractivity contribution is 0.387. The highest BCUT2D eigenvalue weighted by atomic mass is 32.2. The average molecular weight is 235 g/mol. The Labute approximate surface area is 98.2 Å². The Kier molecular flexibility index (Phi) is 3.14. The Balaban J connectivity index is 2.07. The highest BCUT2D eigenvalue weighted by molar-refractivity contribution is 7.98. The van der Waals surface area contributed by atoms with Gasteiger partial charge in [-0.25, -0.2) is 0 Å². The first-order chi connectivity index (χ1) is 7.66. The Morgan fingerprint density at radius 2 is 2.19 bits per heavy atom. The van der Waals surface area contributed by atoms with E-state index in [0.717, 1.165) is 16.1 Å². The van der Waals surface area contributed by atoms with Crippen LogP contribution in [0.1, 0.15) is 17.3 Å². The van der Waals surface area contributed by atoms with Gasteiger partial charge in [0.2, 0.25) is 5.89 Å². The van der Waals surface area contributed by atoms with Gasteiger partial charge in [0.15, 0.2) is 5.82 Å². The first kappa shape index (κ1) is 11.0. The van der Waals surface area contributed by atoms with Crippen molar-refractivity contribution in [2.75, 3.05) is 5.73 Å². The van der Waals surface area contributed by atoms with E-state index in [2.05, 4.69) is 10.1 Å². The summed E-state index contributed by atoms with van der Waals surface area (Å²) in [4.78, 5) is 5.19. The van der Waals surface area contributed by atoms with Gasteiger partial charge in [-0.15, -0.1) is 11.8 Å². The number of nitrogens with zero attached hydrogens (tertiary/aromatic N) is 2. The summed E-state index contributed by atoms with van der Waals surface area (Å²) < 4.78 is 5.03. The van der Waals surface area contributed by atoms with Crippen LogP contribution in [-0.4, -0.2) is 10.1 Å². The molecule has 16 heavy (non-hydrogen) atoms. The minimum absolute atomic E-state index is 0.628. The van der Waals surface area contributed by atoms with E-state index in [-0.39, 0.29) is 0 Å². The van der Waals surface area contributed by atoms with Gasteiger partial charge in [-0.1, -0.05) is 17.3 Å². The largest absolute Gasteiger partial charge is 0.398 e. The van der Waals surface area contributed by atoms with Crippen LogP contribution >= 0.6 is 11.8 Å². The number of aryl methyl sites for hydroxylation is 2. The van der Waals surface area contributed by atoms with Crippen molar-refractivity contribution in [3.05, 3.63) is 35.5 Å². The normalized spacial score (nSPS) is 10.6. The molecule has 1 aromatic carbocycles. The van der Waals surface area contributed by atoms with Crippen LogP contribution in [0.5, 0.6) is 0 Å². The summed E-state index contributed by atoms with van der Waals surface area (Å²) in [5.74, 6) is 1.94. The SMILES string of the molecule is Cc1noc(CSc2cccc(C)c2N)n1. The number of rotatable bonds is 3. The summed E-state index contributed by atoms with van der Waals surface area (Å²) in [5.41, 5.74) is 7.88. The molecule has 2 rings (SSSR count). The Morgan fingerprint density at radius 1 is 1.38 bits per heavy atom. The zero-order chi connectivity index (χ0) is 11.5. The van der Waals surface area contributed by atoms with Gasteiger partial charge in [-0.2, -0.15) is 4.98 Å². The summed E-state index contributed by atoms with van der Waals surface area (Å²) in [7, 11) is 0. The minimum atomic E-state index is 0.628. The molecule has 5 heteroatoms. The average Bonchev–Trinajstić information content (AvgIpc) is 2.67. The molecule has 0 aliphatic heterocycles. The maximum Gasteiger partial charge on any atom is 0.236 e. The Morgan fingerprint density at radius 3 is 2.88 bits per heavy atom. The van der Waals surface area contributed by atoms with Crippen LogP contribution in [0.25, 0.3) is 0 Å². The van der Waals surface area contributed by atoms with Crippen LogP contribution in [0, 0.1) is 13.8 Å². The number of nitrogens with two attached hydrogens (primary N) is 1. The Hall–Kier alpha value is -1.49. The predicted molar refractivity (Wildman–Crippen MR) is 64.2 cm³/mol. The van der Waals surface area contributed by atoms with Crippen LogP contribution in [0.2, 0.25) is 0 Å². The molecule has 0 amide bonds. The van der Waals surface area contributed by atoms with E-state index in [9.17, 15) is 0 Å². The number of nitrogen functional groups attached to an aromatic ring is 1. The van der Waals surface area contributed by atoms with Crippen LogP contribution < -0.4 is 5.73 Å². The van der Waals surface area contributed by atoms with Gasteiger partial charge in [-0.05, 0) is 25.5 Å². The van der Waals surface area contributed by atoms with Crippen molar-refractivity contribution >= 4 is 17.4 Å². The molecule has 4 nitrogen and oxygen atoms in total. The molecule has 0 atom stereocenters. The van der Waals surface area contributed by atoms with Gasteiger partial charge in [-0.3, -0.25) is 0 Å². The highest BCUT2D eigenvalue weighted by Gasteiger charge is 2.06. The van der Waals surface area contributed by atoms with Crippen molar-refractivity contribution < 1.29 is 4.52 Å². The molecule has 2 N–H and O–H groups in total. The fourth-order valence-electron chi connectivity index (χ4n) is 1.32. The second-order valence-corrected chi connectivity index (χ2v) is 4.53. The minimum Gasteiger partial charge on any atom is -0.398 e. The lowest BCUT2D eigenvalue weighted by Gasteiger charge is -2.05. The van der Waals surface area contributed by atoms with E-state index in [1.54, 1.807) is 18.7 Å². The molecule has 0 bridgehead atoms. The Bertz CT molecular complexity index is 496. The fraction of sp³-hybridized carbons (Fsp3) is 0.273. The second-order valence-electron chi connectivity index (χ2n) is 3.51. The molecule has 0 spiro atoms. The van der Waals surface area contributed by atoms with Crippen LogP contribution in [0.3, 0.4) is 0 Å². The van der Waals surface area contributed by atoms with E-state index in [4.69, 9.17) is 10.3 Å². The molecule has 0 unspecified atom stereocenters. The molecule has 2 aromatic rings. The van der Waals surface area contributed by atoms with Gasteiger partial charge in [0.1, 0.15) is 0 Å². The standard InChI is InChI=1S/C11H13N3OS/c1-7-4-3-5-9(11(7)12)16-6-10-13-8(2)14-15-10/h3-5H,6,12H2,1-2H3. The van der Waals surface area contributed by atoms with Gasteiger partial charge in [0.25, 0.3) is 0 Å². The zero-order valence-corrected chi connectivity index (χ0v) is 10.0. The smallest absolute Gasteiger partial charge is 0.236 e. The zero-order valence-electron chi connectivity index (χ0n) is 9.23. The van der Waals surface area contributed by atoms with E-state index < -0.39 is 0 Å². The highest BCUT2D eigenvalue weighted by Crippen LogP contribution is 2.29. The van der Waals surface area contributed by atoms with Crippen molar-refractivity contribution in [2.45, 2.75) is 24.5 Å². The summed E-state index contributed by atoms with van der Waals surface area (Å²) in [6.45, 7) is 3.80. The van der Waals surface area contributed by atoms with Crippen molar-refractivity contribution in [2.24, 2.45) is 0 Å². The summed E-state index contributed by atoms with van der Waals surface area (Å²) in [6, 6.07) is 5.99. The number of hydrogen-bond donors (Lipinski definition) is 1. The summed E-state index contributed by atoms with van der Waals surface area (Å²) in [5, 5.41) is 3.74. The van der Waals surface area contributed by atoms with E-state index in [1.165, 1.54) is 0 Å².